The number of aliphatic hydroxyl groups is 1. The van der Waals surface area contributed by atoms with E-state index in [1.807, 2.05) is 0 Å². The fourth-order valence-corrected chi connectivity index (χ4v) is 4.04. The van der Waals surface area contributed by atoms with E-state index in [2.05, 4.69) is 25.4 Å². The van der Waals surface area contributed by atoms with E-state index in [9.17, 15) is 18.6 Å². The zero-order valence-electron chi connectivity index (χ0n) is 13.7. The average Bonchev–Trinajstić information content (AvgIpc) is 2.89. The molecule has 0 amide bonds. The van der Waals surface area contributed by atoms with E-state index in [1.54, 1.807) is 37.3 Å². The molecule has 136 valence electrons. The normalized spacial score (nSPS) is 16.3. The van der Waals surface area contributed by atoms with Crippen LogP contribution in [0.1, 0.15) is 18.1 Å². The van der Waals surface area contributed by atoms with E-state index in [0.29, 0.717) is 11.1 Å². The minimum Gasteiger partial charge on any atom is -0.507 e. The maximum Gasteiger partial charge on any atom is 0.285 e. The Bertz CT molecular complexity index is 1000. The molecule has 3 rings (SSSR count). The summed E-state index contributed by atoms with van der Waals surface area (Å²) in [5, 5.41) is 25.1. The Morgan fingerprint density at radius 3 is 2.77 bits per heavy atom. The summed E-state index contributed by atoms with van der Waals surface area (Å²) in [7, 11) is -3.81. The Morgan fingerprint density at radius 2 is 2.04 bits per heavy atom. The SMILES string of the molecule is C[C@@H](CO)N(/N=C\c1cc(Br)ccc1O)C1=NS(=O)(=O)c2ccccc21. The third-order valence-corrected chi connectivity index (χ3v) is 5.64. The lowest BCUT2D eigenvalue weighted by Gasteiger charge is -2.24. The second-order valence-corrected chi connectivity index (χ2v) is 8.20. The number of hydrazone groups is 1. The summed E-state index contributed by atoms with van der Waals surface area (Å²) >= 11 is 3.32. The van der Waals surface area contributed by atoms with E-state index in [1.165, 1.54) is 23.4 Å². The highest BCUT2D eigenvalue weighted by Crippen LogP contribution is 2.28. The summed E-state index contributed by atoms with van der Waals surface area (Å²) in [6.07, 6.45) is 1.39. The summed E-state index contributed by atoms with van der Waals surface area (Å²) in [5.41, 5.74) is 0.854. The molecular weight excluding hydrogens is 422 g/mol. The topological polar surface area (TPSA) is 103 Å². The zero-order valence-corrected chi connectivity index (χ0v) is 16.1. The van der Waals surface area contributed by atoms with E-state index in [4.69, 9.17) is 0 Å². The van der Waals surface area contributed by atoms with Gasteiger partial charge >= 0.3 is 0 Å². The molecule has 2 aromatic carbocycles. The fourth-order valence-electron chi connectivity index (χ4n) is 2.46. The minimum absolute atomic E-state index is 0.0231. The molecular formula is C17H16BrN3O4S. The fraction of sp³-hybridized carbons (Fsp3) is 0.176. The van der Waals surface area contributed by atoms with Crippen LogP contribution in [0.4, 0.5) is 0 Å². The van der Waals surface area contributed by atoms with Crippen molar-refractivity contribution >= 4 is 38.0 Å². The number of hydrogen-bond donors (Lipinski definition) is 2. The van der Waals surface area contributed by atoms with Crippen LogP contribution in [0.15, 0.2) is 61.3 Å². The summed E-state index contributed by atoms with van der Waals surface area (Å²) in [4.78, 5) is 0.102. The van der Waals surface area contributed by atoms with Crippen LogP contribution in [0.25, 0.3) is 0 Å². The number of sulfonamides is 1. The molecule has 7 nitrogen and oxygen atoms in total. The van der Waals surface area contributed by atoms with Gasteiger partial charge in [0.2, 0.25) is 0 Å². The first-order valence-electron chi connectivity index (χ1n) is 7.70. The van der Waals surface area contributed by atoms with Gasteiger partial charge in [-0.3, -0.25) is 0 Å². The van der Waals surface area contributed by atoms with Crippen molar-refractivity contribution in [2.24, 2.45) is 9.50 Å². The van der Waals surface area contributed by atoms with E-state index in [-0.39, 0.29) is 23.1 Å². The third kappa shape index (κ3) is 3.50. The number of aromatic hydroxyl groups is 1. The van der Waals surface area contributed by atoms with Gasteiger partial charge in [-0.05, 0) is 37.3 Å². The average molecular weight is 438 g/mol. The van der Waals surface area contributed by atoms with Gasteiger partial charge in [-0.15, -0.1) is 4.40 Å². The lowest BCUT2D eigenvalue weighted by Crippen LogP contribution is -2.36. The van der Waals surface area contributed by atoms with E-state index >= 15 is 0 Å². The number of fused-ring (bicyclic) bond motifs is 1. The Labute approximate surface area is 159 Å². The lowest BCUT2D eigenvalue weighted by atomic mass is 10.2. The van der Waals surface area contributed by atoms with Crippen molar-refractivity contribution < 1.29 is 18.6 Å². The molecule has 9 heteroatoms. The quantitative estimate of drug-likeness (QED) is 0.564. The maximum absolute atomic E-state index is 12.3. The number of amidine groups is 1. The molecule has 0 aromatic heterocycles. The van der Waals surface area contributed by atoms with E-state index in [0.717, 1.165) is 4.47 Å². The highest BCUT2D eigenvalue weighted by Gasteiger charge is 2.33. The van der Waals surface area contributed by atoms with Crippen LogP contribution in [0.3, 0.4) is 0 Å². The first kappa shape index (κ1) is 18.6. The van der Waals surface area contributed by atoms with Gasteiger partial charge in [-0.2, -0.15) is 13.5 Å². The molecule has 0 aliphatic carbocycles. The number of phenols is 1. The second-order valence-electron chi connectivity index (χ2n) is 5.71. The third-order valence-electron chi connectivity index (χ3n) is 3.82. The van der Waals surface area contributed by atoms with Crippen LogP contribution in [0, 0.1) is 0 Å². The molecule has 0 saturated heterocycles. The molecule has 1 aliphatic rings. The number of halogens is 1. The summed E-state index contributed by atoms with van der Waals surface area (Å²) in [6.45, 7) is 1.43. The molecule has 0 fully saturated rings. The van der Waals surface area contributed by atoms with Crippen molar-refractivity contribution in [3.05, 3.63) is 58.1 Å². The Morgan fingerprint density at radius 1 is 1.31 bits per heavy atom. The van der Waals surface area contributed by atoms with Gasteiger partial charge < -0.3 is 10.2 Å². The number of rotatable bonds is 4. The van der Waals surface area contributed by atoms with Gasteiger partial charge in [-0.25, -0.2) is 5.01 Å². The van der Waals surface area contributed by atoms with Gasteiger partial charge in [0.25, 0.3) is 10.0 Å². The first-order valence-corrected chi connectivity index (χ1v) is 9.94. The lowest BCUT2D eigenvalue weighted by molar-refractivity contribution is 0.196. The van der Waals surface area contributed by atoms with Crippen LogP contribution in [0.2, 0.25) is 0 Å². The smallest absolute Gasteiger partial charge is 0.285 e. The molecule has 0 radical (unpaired) electrons. The molecule has 2 aromatic rings. The molecule has 0 bridgehead atoms. The summed E-state index contributed by atoms with van der Waals surface area (Å²) in [5.74, 6) is 0.155. The number of nitrogens with zero attached hydrogens (tertiary/aromatic N) is 3. The Balaban J connectivity index is 2.06. The molecule has 1 aliphatic heterocycles. The Kier molecular flexibility index (Phi) is 5.12. The molecule has 26 heavy (non-hydrogen) atoms. The number of aliphatic hydroxyl groups excluding tert-OH is 1. The summed E-state index contributed by atoms with van der Waals surface area (Å²) < 4.78 is 29.1. The van der Waals surface area contributed by atoms with Crippen LogP contribution >= 0.6 is 15.9 Å². The maximum atomic E-state index is 12.3. The highest BCUT2D eigenvalue weighted by atomic mass is 79.9. The molecule has 1 atom stereocenters. The van der Waals surface area contributed by atoms with Crippen molar-refractivity contribution in [2.75, 3.05) is 6.61 Å². The largest absolute Gasteiger partial charge is 0.507 e. The molecule has 2 N–H and O–H groups in total. The molecule has 0 saturated carbocycles. The van der Waals surface area contributed by atoms with Crippen molar-refractivity contribution in [3.63, 3.8) is 0 Å². The number of hydrogen-bond acceptors (Lipinski definition) is 6. The van der Waals surface area contributed by atoms with Gasteiger partial charge in [0.15, 0.2) is 5.84 Å². The van der Waals surface area contributed by atoms with Crippen molar-refractivity contribution in [1.82, 2.24) is 5.01 Å². The second kappa shape index (κ2) is 7.18. The van der Waals surface area contributed by atoms with Crippen molar-refractivity contribution in [2.45, 2.75) is 17.9 Å². The number of phenolic OH excluding ortho intramolecular Hbond substituents is 1. The van der Waals surface area contributed by atoms with E-state index < -0.39 is 16.1 Å². The predicted molar refractivity (Wildman–Crippen MR) is 102 cm³/mol. The molecule has 0 unspecified atom stereocenters. The number of benzene rings is 2. The minimum atomic E-state index is -3.81. The Hall–Kier alpha value is -2.23. The van der Waals surface area contributed by atoms with Gasteiger partial charge in [-0.1, -0.05) is 28.1 Å². The first-order chi connectivity index (χ1) is 12.3. The van der Waals surface area contributed by atoms with Crippen LogP contribution in [-0.2, 0) is 10.0 Å². The molecule has 1 heterocycles. The van der Waals surface area contributed by atoms with Crippen molar-refractivity contribution in [3.8, 4) is 5.75 Å². The summed E-state index contributed by atoms with van der Waals surface area (Å²) in [6, 6.07) is 10.8. The highest BCUT2D eigenvalue weighted by molar-refractivity contribution is 9.10. The van der Waals surface area contributed by atoms with Crippen molar-refractivity contribution in [1.29, 1.82) is 0 Å². The monoisotopic (exact) mass is 437 g/mol. The zero-order chi connectivity index (χ0) is 18.9. The standard InChI is InChI=1S/C17H16BrN3O4S/c1-11(10-22)21(19-9-12-8-13(18)6-7-15(12)23)17-14-4-2-3-5-16(14)26(24,25)20-17/h2-9,11,22-23H,10H2,1H3/b19-9-/t11-/m0/s1. The van der Waals surface area contributed by atoms with Gasteiger partial charge in [0, 0.05) is 15.6 Å². The van der Waals surface area contributed by atoms with Crippen LogP contribution in [-0.4, -0.2) is 48.3 Å². The molecule has 0 spiro atoms. The predicted octanol–water partition coefficient (Wildman–Crippen LogP) is 2.32. The van der Waals surface area contributed by atoms with Crippen LogP contribution < -0.4 is 0 Å². The van der Waals surface area contributed by atoms with Gasteiger partial charge in [0.1, 0.15) is 10.6 Å². The van der Waals surface area contributed by atoms with Crippen LogP contribution in [0.5, 0.6) is 5.75 Å². The van der Waals surface area contributed by atoms with Gasteiger partial charge in [0.05, 0.1) is 18.9 Å².